The molecular formula is C17H22O3. The summed E-state index contributed by atoms with van der Waals surface area (Å²) in [5.74, 6) is -0.300. The van der Waals surface area contributed by atoms with E-state index < -0.39 is 0 Å². The summed E-state index contributed by atoms with van der Waals surface area (Å²) >= 11 is 0. The Kier molecular flexibility index (Phi) is 7.36. The third-order valence-electron chi connectivity index (χ3n) is 2.94. The largest absolute Gasteiger partial charge is 0.458 e. The SMILES string of the molecule is C/C(=C\CC/C(C)=C/COC(=O)c1ccccc1)CO. The lowest BCUT2D eigenvalue weighted by Crippen LogP contribution is -2.04. The standard InChI is InChI=1S/C17H22O3/c1-14(7-6-8-15(2)13-18)11-12-20-17(19)16-9-4-3-5-10-16/h3-5,8-11,18H,6-7,12-13H2,1-2H3/b14-11+,15-8+. The van der Waals surface area contributed by atoms with Gasteiger partial charge < -0.3 is 9.84 Å². The molecule has 0 atom stereocenters. The average molecular weight is 274 g/mol. The van der Waals surface area contributed by atoms with E-state index in [2.05, 4.69) is 0 Å². The minimum Gasteiger partial charge on any atom is -0.458 e. The molecule has 20 heavy (non-hydrogen) atoms. The maximum Gasteiger partial charge on any atom is 0.338 e. The van der Waals surface area contributed by atoms with Crippen molar-refractivity contribution in [1.29, 1.82) is 0 Å². The van der Waals surface area contributed by atoms with Gasteiger partial charge in [-0.1, -0.05) is 35.4 Å². The third kappa shape index (κ3) is 6.34. The van der Waals surface area contributed by atoms with Crippen LogP contribution in [0.2, 0.25) is 0 Å². The van der Waals surface area contributed by atoms with Gasteiger partial charge in [0.15, 0.2) is 0 Å². The van der Waals surface area contributed by atoms with Gasteiger partial charge in [0.05, 0.1) is 12.2 Å². The number of carbonyl (C=O) groups excluding carboxylic acids is 1. The van der Waals surface area contributed by atoms with E-state index in [9.17, 15) is 4.79 Å². The van der Waals surface area contributed by atoms with E-state index in [0.29, 0.717) is 12.2 Å². The summed E-state index contributed by atoms with van der Waals surface area (Å²) in [5.41, 5.74) is 2.72. The molecule has 3 heteroatoms. The molecule has 0 radical (unpaired) electrons. The number of ether oxygens (including phenoxy) is 1. The fraction of sp³-hybridized carbons (Fsp3) is 0.353. The van der Waals surface area contributed by atoms with Crippen molar-refractivity contribution in [2.75, 3.05) is 13.2 Å². The van der Waals surface area contributed by atoms with Crippen molar-refractivity contribution in [3.8, 4) is 0 Å². The molecule has 0 fully saturated rings. The summed E-state index contributed by atoms with van der Waals surface area (Å²) in [6.45, 7) is 4.32. The molecule has 3 nitrogen and oxygen atoms in total. The molecule has 0 bridgehead atoms. The molecule has 1 aromatic rings. The predicted molar refractivity (Wildman–Crippen MR) is 80.6 cm³/mol. The molecule has 0 heterocycles. The molecule has 0 saturated heterocycles. The normalized spacial score (nSPS) is 12.3. The van der Waals surface area contributed by atoms with Crippen LogP contribution in [-0.2, 0) is 4.74 Å². The Labute approximate surface area is 120 Å². The minimum absolute atomic E-state index is 0.109. The Morgan fingerprint density at radius 3 is 2.50 bits per heavy atom. The Hall–Kier alpha value is -1.87. The Balaban J connectivity index is 2.32. The zero-order valence-electron chi connectivity index (χ0n) is 12.1. The first kappa shape index (κ1) is 16.2. The predicted octanol–water partition coefficient (Wildman–Crippen LogP) is 3.51. The zero-order chi connectivity index (χ0) is 14.8. The average Bonchev–Trinajstić information content (AvgIpc) is 2.47. The summed E-state index contributed by atoms with van der Waals surface area (Å²) in [6.07, 6.45) is 5.73. The number of benzene rings is 1. The van der Waals surface area contributed by atoms with E-state index in [1.54, 1.807) is 12.1 Å². The molecule has 0 amide bonds. The fourth-order valence-electron chi connectivity index (χ4n) is 1.63. The highest BCUT2D eigenvalue weighted by Crippen LogP contribution is 2.07. The quantitative estimate of drug-likeness (QED) is 0.611. The van der Waals surface area contributed by atoms with E-state index in [4.69, 9.17) is 9.84 Å². The second-order valence-electron chi connectivity index (χ2n) is 4.76. The topological polar surface area (TPSA) is 46.5 Å². The van der Waals surface area contributed by atoms with E-state index in [-0.39, 0.29) is 12.6 Å². The van der Waals surface area contributed by atoms with E-state index in [1.165, 1.54) is 5.57 Å². The second-order valence-corrected chi connectivity index (χ2v) is 4.76. The third-order valence-corrected chi connectivity index (χ3v) is 2.94. The monoisotopic (exact) mass is 274 g/mol. The Bertz CT molecular complexity index is 472. The molecule has 1 aromatic carbocycles. The first-order valence-electron chi connectivity index (χ1n) is 6.77. The highest BCUT2D eigenvalue weighted by atomic mass is 16.5. The van der Waals surface area contributed by atoms with E-state index in [0.717, 1.165) is 18.4 Å². The van der Waals surface area contributed by atoms with Gasteiger partial charge in [-0.3, -0.25) is 0 Å². The Morgan fingerprint density at radius 1 is 1.15 bits per heavy atom. The lowest BCUT2D eigenvalue weighted by molar-refractivity contribution is 0.0549. The van der Waals surface area contributed by atoms with Gasteiger partial charge in [-0.25, -0.2) is 4.79 Å². The van der Waals surface area contributed by atoms with Gasteiger partial charge >= 0.3 is 5.97 Å². The molecule has 0 aromatic heterocycles. The maximum absolute atomic E-state index is 11.7. The molecule has 0 aliphatic heterocycles. The molecule has 0 spiro atoms. The van der Waals surface area contributed by atoms with Crippen LogP contribution in [0.25, 0.3) is 0 Å². The van der Waals surface area contributed by atoms with Crippen LogP contribution < -0.4 is 0 Å². The van der Waals surface area contributed by atoms with Gasteiger partial charge in [0, 0.05) is 0 Å². The van der Waals surface area contributed by atoms with Crippen LogP contribution >= 0.6 is 0 Å². The van der Waals surface area contributed by atoms with Gasteiger partial charge in [0.2, 0.25) is 0 Å². The van der Waals surface area contributed by atoms with Gasteiger partial charge in [-0.15, -0.1) is 0 Å². The lowest BCUT2D eigenvalue weighted by Gasteiger charge is -2.03. The number of hydrogen-bond acceptors (Lipinski definition) is 3. The lowest BCUT2D eigenvalue weighted by atomic mass is 10.1. The van der Waals surface area contributed by atoms with Crippen molar-refractivity contribution < 1.29 is 14.6 Å². The molecular weight excluding hydrogens is 252 g/mol. The number of aliphatic hydroxyl groups is 1. The molecule has 1 rings (SSSR count). The summed E-state index contributed by atoms with van der Waals surface area (Å²) in [5, 5.41) is 8.87. The molecule has 0 saturated carbocycles. The summed E-state index contributed by atoms with van der Waals surface area (Å²) in [7, 11) is 0. The van der Waals surface area contributed by atoms with Crippen molar-refractivity contribution in [3.63, 3.8) is 0 Å². The van der Waals surface area contributed by atoms with Crippen LogP contribution in [0, 0.1) is 0 Å². The van der Waals surface area contributed by atoms with Gasteiger partial charge in [-0.2, -0.15) is 0 Å². The number of aliphatic hydroxyl groups excluding tert-OH is 1. The van der Waals surface area contributed by atoms with Crippen molar-refractivity contribution in [2.45, 2.75) is 26.7 Å². The minimum atomic E-state index is -0.300. The van der Waals surface area contributed by atoms with Gasteiger partial charge in [0.1, 0.15) is 6.61 Å². The van der Waals surface area contributed by atoms with Crippen molar-refractivity contribution in [3.05, 3.63) is 59.2 Å². The van der Waals surface area contributed by atoms with Crippen molar-refractivity contribution in [2.24, 2.45) is 0 Å². The number of carbonyl (C=O) groups is 1. The first-order valence-corrected chi connectivity index (χ1v) is 6.77. The van der Waals surface area contributed by atoms with Crippen LogP contribution in [0.5, 0.6) is 0 Å². The summed E-state index contributed by atoms with van der Waals surface area (Å²) in [6, 6.07) is 8.96. The molecule has 108 valence electrons. The molecule has 0 aliphatic rings. The zero-order valence-corrected chi connectivity index (χ0v) is 12.1. The summed E-state index contributed by atoms with van der Waals surface area (Å²) in [4.78, 5) is 11.7. The maximum atomic E-state index is 11.7. The van der Waals surface area contributed by atoms with Crippen molar-refractivity contribution >= 4 is 5.97 Å². The smallest absolute Gasteiger partial charge is 0.338 e. The number of hydrogen-bond donors (Lipinski definition) is 1. The number of allylic oxidation sites excluding steroid dienone is 2. The van der Waals surface area contributed by atoms with Crippen LogP contribution in [-0.4, -0.2) is 24.3 Å². The van der Waals surface area contributed by atoms with Crippen LogP contribution in [0.1, 0.15) is 37.0 Å². The van der Waals surface area contributed by atoms with Crippen LogP contribution in [0.3, 0.4) is 0 Å². The van der Waals surface area contributed by atoms with Crippen LogP contribution in [0.4, 0.5) is 0 Å². The van der Waals surface area contributed by atoms with Crippen LogP contribution in [0.15, 0.2) is 53.6 Å². The molecule has 0 aliphatic carbocycles. The van der Waals surface area contributed by atoms with E-state index in [1.807, 2.05) is 44.2 Å². The molecule has 0 unspecified atom stereocenters. The highest BCUT2D eigenvalue weighted by Gasteiger charge is 2.04. The second kappa shape index (κ2) is 9.10. The highest BCUT2D eigenvalue weighted by molar-refractivity contribution is 5.89. The number of esters is 1. The van der Waals surface area contributed by atoms with Crippen molar-refractivity contribution in [1.82, 2.24) is 0 Å². The summed E-state index contributed by atoms with van der Waals surface area (Å²) < 4.78 is 5.18. The number of rotatable bonds is 7. The Morgan fingerprint density at radius 2 is 1.85 bits per heavy atom. The van der Waals surface area contributed by atoms with Gasteiger partial charge in [0.25, 0.3) is 0 Å². The fourth-order valence-corrected chi connectivity index (χ4v) is 1.63. The molecule has 1 N–H and O–H groups in total. The first-order chi connectivity index (χ1) is 9.63. The van der Waals surface area contributed by atoms with E-state index >= 15 is 0 Å². The van der Waals surface area contributed by atoms with Gasteiger partial charge in [-0.05, 0) is 44.9 Å².